The van der Waals surface area contributed by atoms with Crippen LogP contribution in [0, 0.1) is 5.92 Å². The molecule has 0 aliphatic carbocycles. The number of ether oxygens (including phenoxy) is 6. The molecule has 9 N–H and O–H groups in total. The molecule has 212 valence electrons. The van der Waals surface area contributed by atoms with E-state index in [-0.39, 0.29) is 6.61 Å². The Morgan fingerprint density at radius 2 is 1.14 bits per heavy atom. The predicted molar refractivity (Wildman–Crippen MR) is 114 cm³/mol. The summed E-state index contributed by atoms with van der Waals surface area (Å²) < 4.78 is 32.9. The van der Waals surface area contributed by atoms with Gasteiger partial charge in [0.15, 0.2) is 18.9 Å². The van der Waals surface area contributed by atoms with Gasteiger partial charge >= 0.3 is 0 Å². The molecule has 0 aromatic carbocycles. The van der Waals surface area contributed by atoms with E-state index < -0.39 is 112 Å². The predicted octanol–water partition coefficient (Wildman–Crippen LogP) is -5.25. The first-order valence-electron chi connectivity index (χ1n) is 11.9. The molecule has 3 aliphatic rings. The number of rotatable bonds is 9. The van der Waals surface area contributed by atoms with Crippen LogP contribution in [0.3, 0.4) is 0 Å². The molecule has 0 unspecified atom stereocenters. The van der Waals surface area contributed by atoms with Crippen LogP contribution >= 0.6 is 0 Å². The van der Waals surface area contributed by atoms with Crippen molar-refractivity contribution in [3.63, 3.8) is 0 Å². The molecule has 0 bridgehead atoms. The van der Waals surface area contributed by atoms with Gasteiger partial charge in [-0.05, 0) is 6.92 Å². The molecule has 3 rings (SSSR count). The third-order valence-electron chi connectivity index (χ3n) is 6.78. The normalized spacial score (nSPS) is 50.2. The zero-order chi connectivity index (χ0) is 26.7. The molecule has 0 amide bonds. The van der Waals surface area contributed by atoms with Crippen molar-refractivity contribution in [2.24, 2.45) is 5.92 Å². The largest absolute Gasteiger partial charge is 0.394 e. The quantitative estimate of drug-likeness (QED) is 0.135. The first kappa shape index (κ1) is 29.9. The van der Waals surface area contributed by atoms with Gasteiger partial charge in [-0.15, -0.1) is 0 Å². The van der Waals surface area contributed by atoms with Gasteiger partial charge < -0.3 is 74.4 Å². The average Bonchev–Trinajstić information content (AvgIpc) is 2.87. The second kappa shape index (κ2) is 13.0. The Morgan fingerprint density at radius 3 is 1.75 bits per heavy atom. The SMILES string of the molecule is CCO[C@H]1O[C@H](CO[C@H]2O[C@H](CO)[C@@H](O)[C@H](O)[C@@H]2O)[C@@H](O)[C@H](O[C@H]2O[C@H](CO)[C@@H](C)[C@H](O)[C@@H]2O)[C@@H]1O. The summed E-state index contributed by atoms with van der Waals surface area (Å²) in [7, 11) is 0. The molecule has 3 aliphatic heterocycles. The zero-order valence-corrected chi connectivity index (χ0v) is 20.0. The van der Waals surface area contributed by atoms with Gasteiger partial charge in [-0.1, -0.05) is 6.92 Å². The third-order valence-corrected chi connectivity index (χ3v) is 6.78. The zero-order valence-electron chi connectivity index (χ0n) is 20.0. The van der Waals surface area contributed by atoms with E-state index in [1.165, 1.54) is 0 Å². The van der Waals surface area contributed by atoms with Crippen molar-refractivity contribution >= 4 is 0 Å². The highest BCUT2D eigenvalue weighted by atomic mass is 16.7. The number of aliphatic hydroxyl groups excluding tert-OH is 9. The second-order valence-corrected chi connectivity index (χ2v) is 9.18. The van der Waals surface area contributed by atoms with Crippen LogP contribution in [0.25, 0.3) is 0 Å². The maximum Gasteiger partial charge on any atom is 0.187 e. The lowest BCUT2D eigenvalue weighted by Crippen LogP contribution is -2.64. The van der Waals surface area contributed by atoms with Gasteiger partial charge in [0, 0.05) is 12.5 Å². The monoisotopic (exact) mass is 530 g/mol. The average molecular weight is 531 g/mol. The van der Waals surface area contributed by atoms with Crippen molar-refractivity contribution in [3.8, 4) is 0 Å². The molecule has 0 aromatic rings. The van der Waals surface area contributed by atoms with E-state index in [2.05, 4.69) is 0 Å². The van der Waals surface area contributed by atoms with Crippen molar-refractivity contribution in [1.82, 2.24) is 0 Å². The third kappa shape index (κ3) is 6.17. The van der Waals surface area contributed by atoms with Gasteiger partial charge in [-0.25, -0.2) is 0 Å². The van der Waals surface area contributed by atoms with Crippen LogP contribution in [0.15, 0.2) is 0 Å². The van der Waals surface area contributed by atoms with E-state index in [1.54, 1.807) is 13.8 Å². The van der Waals surface area contributed by atoms with Crippen LogP contribution in [0.2, 0.25) is 0 Å². The Labute approximate surface area is 207 Å². The molecule has 3 fully saturated rings. The number of hydrogen-bond acceptors (Lipinski definition) is 15. The highest BCUT2D eigenvalue weighted by molar-refractivity contribution is 4.94. The highest BCUT2D eigenvalue weighted by Gasteiger charge is 2.51. The summed E-state index contributed by atoms with van der Waals surface area (Å²) in [6.07, 6.45) is -20.1. The maximum absolute atomic E-state index is 10.9. The Hall–Kier alpha value is -0.600. The van der Waals surface area contributed by atoms with E-state index in [1.807, 2.05) is 0 Å². The lowest BCUT2D eigenvalue weighted by molar-refractivity contribution is -0.362. The highest BCUT2D eigenvalue weighted by Crippen LogP contribution is 2.32. The minimum absolute atomic E-state index is 0.107. The maximum atomic E-state index is 10.9. The van der Waals surface area contributed by atoms with Gasteiger partial charge in [-0.2, -0.15) is 0 Å². The van der Waals surface area contributed by atoms with Crippen molar-refractivity contribution < 1.29 is 74.4 Å². The summed E-state index contributed by atoms with van der Waals surface area (Å²) in [5.74, 6) is -0.620. The van der Waals surface area contributed by atoms with Crippen LogP contribution in [-0.2, 0) is 28.4 Å². The molecular weight excluding hydrogens is 492 g/mol. The van der Waals surface area contributed by atoms with Crippen molar-refractivity contribution in [3.05, 3.63) is 0 Å². The fourth-order valence-electron chi connectivity index (χ4n) is 4.44. The van der Waals surface area contributed by atoms with Crippen molar-refractivity contribution in [2.75, 3.05) is 26.4 Å². The first-order valence-corrected chi connectivity index (χ1v) is 11.9. The summed E-state index contributed by atoms with van der Waals surface area (Å²) in [6.45, 7) is 1.70. The Kier molecular flexibility index (Phi) is 10.8. The van der Waals surface area contributed by atoms with Crippen LogP contribution in [0.5, 0.6) is 0 Å². The van der Waals surface area contributed by atoms with Crippen molar-refractivity contribution in [2.45, 2.75) is 99.9 Å². The Bertz CT molecular complexity index is 667. The molecule has 3 heterocycles. The Morgan fingerprint density at radius 1 is 0.583 bits per heavy atom. The van der Waals surface area contributed by atoms with E-state index in [0.717, 1.165) is 0 Å². The number of aliphatic hydroxyl groups is 9. The standard InChI is InChI=1S/C21H38O15/c1-3-31-20-17(30)18(36-21-15(28)11(24)7(2)8(4-22)33-21)13(26)10(35-20)6-32-19-16(29)14(27)12(25)9(5-23)34-19/h7-30H,3-6H2,1-2H3/t7-,8-,9-,10-,11+,12-,13-,14+,15+,16+,17+,18+,19+,20+,21-/m1/s1. The summed E-state index contributed by atoms with van der Waals surface area (Å²) in [4.78, 5) is 0. The van der Waals surface area contributed by atoms with Crippen LogP contribution < -0.4 is 0 Å². The van der Waals surface area contributed by atoms with E-state index >= 15 is 0 Å². The minimum atomic E-state index is -1.69. The smallest absolute Gasteiger partial charge is 0.187 e. The lowest BCUT2D eigenvalue weighted by atomic mass is 9.91. The van der Waals surface area contributed by atoms with Gasteiger partial charge in [-0.3, -0.25) is 0 Å². The summed E-state index contributed by atoms with van der Waals surface area (Å²) >= 11 is 0. The van der Waals surface area contributed by atoms with Crippen LogP contribution in [0.4, 0.5) is 0 Å². The van der Waals surface area contributed by atoms with E-state index in [9.17, 15) is 46.0 Å². The second-order valence-electron chi connectivity index (χ2n) is 9.18. The molecule has 0 aromatic heterocycles. The molecule has 0 spiro atoms. The lowest BCUT2D eigenvalue weighted by Gasteiger charge is -2.46. The molecule has 0 saturated carbocycles. The topological polar surface area (TPSA) is 237 Å². The van der Waals surface area contributed by atoms with Gasteiger partial charge in [0.05, 0.1) is 32.0 Å². The van der Waals surface area contributed by atoms with Gasteiger partial charge in [0.2, 0.25) is 0 Å². The molecule has 36 heavy (non-hydrogen) atoms. The minimum Gasteiger partial charge on any atom is -0.394 e. The van der Waals surface area contributed by atoms with Crippen molar-refractivity contribution in [1.29, 1.82) is 0 Å². The Balaban J connectivity index is 1.71. The fourth-order valence-corrected chi connectivity index (χ4v) is 4.44. The fraction of sp³-hybridized carbons (Fsp3) is 1.00. The van der Waals surface area contributed by atoms with E-state index in [4.69, 9.17) is 28.4 Å². The molecule has 3 saturated heterocycles. The summed E-state index contributed by atoms with van der Waals surface area (Å²) in [5, 5.41) is 91.2. The summed E-state index contributed by atoms with van der Waals surface area (Å²) in [5.41, 5.74) is 0. The molecule has 15 atom stereocenters. The summed E-state index contributed by atoms with van der Waals surface area (Å²) in [6, 6.07) is 0. The van der Waals surface area contributed by atoms with Crippen LogP contribution in [-0.4, -0.2) is 158 Å². The molecule has 15 heteroatoms. The van der Waals surface area contributed by atoms with Gasteiger partial charge in [0.1, 0.15) is 54.9 Å². The molecular formula is C21H38O15. The van der Waals surface area contributed by atoms with E-state index in [0.29, 0.717) is 0 Å². The molecule has 15 nitrogen and oxygen atoms in total. The van der Waals surface area contributed by atoms with Gasteiger partial charge in [0.25, 0.3) is 0 Å². The first-order chi connectivity index (χ1) is 17.0. The number of hydrogen-bond donors (Lipinski definition) is 9. The van der Waals surface area contributed by atoms with Crippen LogP contribution in [0.1, 0.15) is 13.8 Å². The molecule has 0 radical (unpaired) electrons.